The van der Waals surface area contributed by atoms with Crippen LogP contribution in [0.1, 0.15) is 18.2 Å². The zero-order chi connectivity index (χ0) is 21.7. The lowest BCUT2D eigenvalue weighted by Gasteiger charge is -2.18. The molecule has 0 aliphatic heterocycles. The monoisotopic (exact) mass is 416 g/mol. The van der Waals surface area contributed by atoms with Gasteiger partial charge in [0.15, 0.2) is 5.57 Å². The Morgan fingerprint density at radius 1 is 1.13 bits per heavy atom. The summed E-state index contributed by atoms with van der Waals surface area (Å²) >= 11 is 5.99. The zero-order valence-electron chi connectivity index (χ0n) is 16.1. The van der Waals surface area contributed by atoms with E-state index in [4.69, 9.17) is 21.7 Å². The van der Waals surface area contributed by atoms with Gasteiger partial charge >= 0.3 is 0 Å². The highest BCUT2D eigenvalue weighted by Gasteiger charge is 2.21. The Bertz CT molecular complexity index is 1250. The Morgan fingerprint density at radius 2 is 1.80 bits per heavy atom. The second-order valence-corrected chi connectivity index (χ2v) is 6.62. The number of pyridine rings is 1. The van der Waals surface area contributed by atoms with Gasteiger partial charge < -0.3 is 9.84 Å². The van der Waals surface area contributed by atoms with Crippen LogP contribution in [-0.4, -0.2) is 16.3 Å². The number of benzene rings is 2. The molecule has 0 unspecified atom stereocenters. The van der Waals surface area contributed by atoms with E-state index in [1.807, 2.05) is 36.4 Å². The molecule has 1 heterocycles. The Morgan fingerprint density at radius 3 is 2.37 bits per heavy atom. The largest absolute Gasteiger partial charge is 0.480 e. The van der Waals surface area contributed by atoms with Crippen LogP contribution in [0.25, 0.3) is 22.4 Å². The number of nitrogens with zero attached hydrogens (tertiary/aromatic N) is 3. The number of ether oxygens (including phenoxy) is 1. The van der Waals surface area contributed by atoms with Gasteiger partial charge in [-0.2, -0.15) is 10.5 Å². The van der Waals surface area contributed by atoms with Crippen molar-refractivity contribution >= 4 is 17.2 Å². The van der Waals surface area contributed by atoms with E-state index >= 15 is 0 Å². The maximum absolute atomic E-state index is 10.3. The van der Waals surface area contributed by atoms with Crippen molar-refractivity contribution in [3.8, 4) is 29.0 Å². The summed E-state index contributed by atoms with van der Waals surface area (Å²) in [6, 6.07) is 21.4. The van der Waals surface area contributed by atoms with Crippen molar-refractivity contribution in [3.05, 3.63) is 88.4 Å². The Labute approximate surface area is 178 Å². The fourth-order valence-corrected chi connectivity index (χ4v) is 3.18. The minimum Gasteiger partial charge on any atom is -0.480 e. The number of nitriles is 2. The summed E-state index contributed by atoms with van der Waals surface area (Å²) < 4.78 is 6.57. The molecule has 0 spiro atoms. The van der Waals surface area contributed by atoms with Crippen LogP contribution in [-0.2, 0) is 4.74 Å². The van der Waals surface area contributed by atoms with Gasteiger partial charge in [0.05, 0.1) is 12.3 Å². The van der Waals surface area contributed by atoms with Crippen molar-refractivity contribution in [2.24, 2.45) is 0 Å². The van der Waals surface area contributed by atoms with Crippen molar-refractivity contribution in [2.45, 2.75) is 6.92 Å². The van der Waals surface area contributed by atoms with Crippen LogP contribution in [0.15, 0.2) is 66.6 Å². The van der Waals surface area contributed by atoms with Crippen LogP contribution in [0.4, 0.5) is 0 Å². The molecule has 30 heavy (non-hydrogen) atoms. The highest BCUT2D eigenvalue weighted by molar-refractivity contribution is 6.30. The third-order valence-electron chi connectivity index (χ3n) is 4.40. The number of aliphatic hydroxyl groups is 1. The quantitative estimate of drug-likeness (QED) is 0.454. The average Bonchev–Trinajstić information content (AvgIpc) is 2.76. The number of aliphatic hydroxyl groups excluding tert-OH is 1. The van der Waals surface area contributed by atoms with Gasteiger partial charge in [0.2, 0.25) is 0 Å². The maximum atomic E-state index is 10.3. The fraction of sp³-hybridized carbons (Fsp3) is 0.0870. The molecule has 1 aromatic heterocycles. The molecule has 148 valence electrons. The number of hydrogen-bond donors (Lipinski definition) is 2. The lowest BCUT2D eigenvalue weighted by atomic mass is 9.98. The number of halogens is 1. The number of rotatable bonds is 5. The number of allylic oxidation sites excluding steroid dienone is 1. The molecule has 0 fully saturated rings. The van der Waals surface area contributed by atoms with Gasteiger partial charge in [-0.15, -0.1) is 0 Å². The standard InChI is InChI=1S/C23H17ClN4O2/c1-2-30-23(29)20(14-26)21-12-18(15-6-4-3-5-7-15)19(13-25)22(27)28(21)17-10-8-16(24)9-11-17/h3-12,27,29H,2H2,1H3. The van der Waals surface area contributed by atoms with E-state index in [1.54, 1.807) is 37.3 Å². The molecule has 3 rings (SSSR count). The predicted octanol–water partition coefficient (Wildman–Crippen LogP) is 4.94. The van der Waals surface area contributed by atoms with Crippen LogP contribution in [0.2, 0.25) is 5.02 Å². The van der Waals surface area contributed by atoms with Gasteiger partial charge in [0.25, 0.3) is 5.95 Å². The minimum atomic E-state index is -0.550. The normalized spacial score (nSPS) is 11.2. The molecule has 2 N–H and O–H groups in total. The van der Waals surface area contributed by atoms with Crippen LogP contribution >= 0.6 is 11.6 Å². The molecule has 0 bridgehead atoms. The van der Waals surface area contributed by atoms with Crippen molar-refractivity contribution < 1.29 is 9.84 Å². The Hall–Kier alpha value is -4.00. The maximum Gasteiger partial charge on any atom is 0.297 e. The number of aromatic nitrogens is 1. The van der Waals surface area contributed by atoms with Crippen molar-refractivity contribution in [2.75, 3.05) is 6.61 Å². The molecular formula is C23H17ClN4O2. The van der Waals surface area contributed by atoms with Crippen LogP contribution < -0.4 is 5.49 Å². The molecule has 0 aliphatic rings. The predicted molar refractivity (Wildman–Crippen MR) is 114 cm³/mol. The SMILES string of the molecule is CCOC(O)=C(C#N)c1cc(-c2ccccc2)c(C#N)c(=N)n1-c1ccc(Cl)cc1. The summed E-state index contributed by atoms with van der Waals surface area (Å²) in [6.45, 7) is 1.84. The highest BCUT2D eigenvalue weighted by Crippen LogP contribution is 2.28. The molecule has 0 saturated heterocycles. The van der Waals surface area contributed by atoms with E-state index in [2.05, 4.69) is 6.07 Å². The van der Waals surface area contributed by atoms with Crippen molar-refractivity contribution in [1.29, 1.82) is 15.9 Å². The van der Waals surface area contributed by atoms with Crippen LogP contribution in [0, 0.1) is 28.1 Å². The van der Waals surface area contributed by atoms with E-state index in [9.17, 15) is 15.6 Å². The van der Waals surface area contributed by atoms with Gasteiger partial charge in [0, 0.05) is 16.3 Å². The first-order valence-corrected chi connectivity index (χ1v) is 9.42. The summed E-state index contributed by atoms with van der Waals surface area (Å²) in [5, 5.41) is 39.1. The molecule has 2 aromatic carbocycles. The molecule has 0 atom stereocenters. The lowest BCUT2D eigenvalue weighted by Crippen LogP contribution is -2.25. The number of nitrogens with one attached hydrogen (secondary N) is 1. The van der Waals surface area contributed by atoms with Crippen molar-refractivity contribution in [1.82, 2.24) is 4.57 Å². The lowest BCUT2D eigenvalue weighted by molar-refractivity contribution is 0.105. The molecule has 6 nitrogen and oxygen atoms in total. The topological polar surface area (TPSA) is 106 Å². The summed E-state index contributed by atoms with van der Waals surface area (Å²) in [6.07, 6.45) is 0. The number of hydrogen-bond acceptors (Lipinski definition) is 5. The molecule has 0 saturated carbocycles. The van der Waals surface area contributed by atoms with E-state index in [-0.39, 0.29) is 28.9 Å². The molecule has 3 aromatic rings. The van der Waals surface area contributed by atoms with E-state index in [0.29, 0.717) is 21.8 Å². The summed E-state index contributed by atoms with van der Waals surface area (Å²) in [5.41, 5.74) is 1.75. The van der Waals surface area contributed by atoms with Crippen LogP contribution in [0.3, 0.4) is 0 Å². The molecule has 0 radical (unpaired) electrons. The van der Waals surface area contributed by atoms with Gasteiger partial charge in [0.1, 0.15) is 23.2 Å². The summed E-state index contributed by atoms with van der Waals surface area (Å²) in [7, 11) is 0. The second kappa shape index (κ2) is 9.00. The first-order valence-electron chi connectivity index (χ1n) is 9.04. The zero-order valence-corrected chi connectivity index (χ0v) is 16.8. The fourth-order valence-electron chi connectivity index (χ4n) is 3.06. The molecular weight excluding hydrogens is 400 g/mol. The van der Waals surface area contributed by atoms with E-state index in [1.165, 1.54) is 4.57 Å². The molecule has 0 amide bonds. The first kappa shape index (κ1) is 20.7. The Balaban J connectivity index is 2.46. The molecule has 7 heteroatoms. The smallest absolute Gasteiger partial charge is 0.297 e. The van der Waals surface area contributed by atoms with E-state index < -0.39 is 5.95 Å². The van der Waals surface area contributed by atoms with Crippen LogP contribution in [0.5, 0.6) is 0 Å². The van der Waals surface area contributed by atoms with Crippen molar-refractivity contribution in [3.63, 3.8) is 0 Å². The second-order valence-electron chi connectivity index (χ2n) is 6.18. The highest BCUT2D eigenvalue weighted by atomic mass is 35.5. The van der Waals surface area contributed by atoms with Gasteiger partial charge in [-0.3, -0.25) is 9.98 Å². The third-order valence-corrected chi connectivity index (χ3v) is 4.65. The first-order chi connectivity index (χ1) is 14.5. The average molecular weight is 417 g/mol. The third kappa shape index (κ3) is 3.91. The minimum absolute atomic E-state index is 0.131. The summed E-state index contributed by atoms with van der Waals surface area (Å²) in [5.74, 6) is -0.550. The Kier molecular flexibility index (Phi) is 6.22. The van der Waals surface area contributed by atoms with Gasteiger partial charge in [-0.25, -0.2) is 0 Å². The van der Waals surface area contributed by atoms with Gasteiger partial charge in [-0.05, 0) is 42.8 Å². The van der Waals surface area contributed by atoms with E-state index in [0.717, 1.165) is 0 Å². The molecule has 0 aliphatic carbocycles. The summed E-state index contributed by atoms with van der Waals surface area (Å²) in [4.78, 5) is 0. The van der Waals surface area contributed by atoms with Gasteiger partial charge in [-0.1, -0.05) is 41.9 Å².